The zero-order valence-electron chi connectivity index (χ0n) is 7.79. The van der Waals surface area contributed by atoms with Crippen molar-refractivity contribution >= 4 is 11.3 Å². The Morgan fingerprint density at radius 3 is 2.85 bits per heavy atom. The van der Waals surface area contributed by atoms with Crippen molar-refractivity contribution in [2.24, 2.45) is 11.1 Å². The first-order chi connectivity index (χ1) is 6.18. The maximum atomic E-state index is 9.31. The van der Waals surface area contributed by atoms with Crippen LogP contribution < -0.4 is 5.73 Å². The third-order valence-corrected chi connectivity index (χ3v) is 4.27. The van der Waals surface area contributed by atoms with E-state index in [1.807, 2.05) is 0 Å². The molecule has 0 aliphatic heterocycles. The number of aliphatic hydroxyl groups is 1. The molecule has 0 saturated heterocycles. The number of hydrogen-bond acceptors (Lipinski definition) is 3. The Balaban J connectivity index is 2.27. The fraction of sp³-hybridized carbons (Fsp3) is 0.600. The van der Waals surface area contributed by atoms with Gasteiger partial charge < -0.3 is 10.8 Å². The Hall–Kier alpha value is -0.380. The third kappa shape index (κ3) is 1.08. The molecule has 2 atom stereocenters. The summed E-state index contributed by atoms with van der Waals surface area (Å²) in [7, 11) is 0. The molecule has 72 valence electrons. The van der Waals surface area contributed by atoms with Gasteiger partial charge in [0.2, 0.25) is 0 Å². The third-order valence-electron chi connectivity index (χ3n) is 3.59. The summed E-state index contributed by atoms with van der Waals surface area (Å²) >= 11 is 1.71. The van der Waals surface area contributed by atoms with Gasteiger partial charge in [-0.25, -0.2) is 0 Å². The number of hydrogen-bond donors (Lipinski definition) is 2. The summed E-state index contributed by atoms with van der Waals surface area (Å²) in [6.07, 6.45) is 1.02. The van der Waals surface area contributed by atoms with E-state index in [0.717, 1.165) is 6.42 Å². The Bertz CT molecular complexity index is 292. The van der Waals surface area contributed by atoms with Gasteiger partial charge in [0.05, 0.1) is 6.61 Å². The van der Waals surface area contributed by atoms with E-state index < -0.39 is 0 Å². The second-order valence-corrected chi connectivity index (χ2v) is 4.94. The smallest absolute Gasteiger partial charge is 0.0508 e. The average molecular weight is 197 g/mol. The molecular weight excluding hydrogens is 182 g/mol. The predicted molar refractivity (Wildman–Crippen MR) is 54.9 cm³/mol. The average Bonchev–Trinajstić information content (AvgIpc) is 2.58. The van der Waals surface area contributed by atoms with E-state index in [1.54, 1.807) is 11.3 Å². The van der Waals surface area contributed by atoms with Crippen LogP contribution in [0, 0.1) is 5.41 Å². The molecule has 1 fully saturated rings. The minimum atomic E-state index is -0.0475. The van der Waals surface area contributed by atoms with Gasteiger partial charge in [-0.1, -0.05) is 6.92 Å². The second-order valence-electron chi connectivity index (χ2n) is 4.16. The van der Waals surface area contributed by atoms with Crippen molar-refractivity contribution < 1.29 is 5.11 Å². The van der Waals surface area contributed by atoms with E-state index in [1.165, 1.54) is 5.56 Å². The summed E-state index contributed by atoms with van der Waals surface area (Å²) in [6, 6.07) is 2.14. The molecule has 1 saturated carbocycles. The van der Waals surface area contributed by atoms with Gasteiger partial charge in [0.15, 0.2) is 0 Å². The Morgan fingerprint density at radius 1 is 1.69 bits per heavy atom. The SMILES string of the molecule is CC1(c2ccsc2)CC1(CN)CO. The molecule has 0 amide bonds. The lowest BCUT2D eigenvalue weighted by molar-refractivity contribution is 0.198. The number of rotatable bonds is 3. The normalized spacial score (nSPS) is 37.8. The highest BCUT2D eigenvalue weighted by Crippen LogP contribution is 2.63. The van der Waals surface area contributed by atoms with Crippen molar-refractivity contribution in [1.29, 1.82) is 0 Å². The minimum Gasteiger partial charge on any atom is -0.396 e. The van der Waals surface area contributed by atoms with Gasteiger partial charge in [-0.2, -0.15) is 11.3 Å². The van der Waals surface area contributed by atoms with E-state index in [4.69, 9.17) is 5.73 Å². The highest BCUT2D eigenvalue weighted by molar-refractivity contribution is 7.08. The first kappa shape index (κ1) is 9.19. The number of nitrogens with two attached hydrogens (primary N) is 1. The fourth-order valence-electron chi connectivity index (χ4n) is 2.21. The summed E-state index contributed by atoms with van der Waals surface area (Å²) in [5.41, 5.74) is 7.11. The van der Waals surface area contributed by atoms with Crippen molar-refractivity contribution in [1.82, 2.24) is 0 Å². The molecule has 1 aromatic rings. The van der Waals surface area contributed by atoms with Crippen LogP contribution in [-0.4, -0.2) is 18.3 Å². The number of aliphatic hydroxyl groups excluding tert-OH is 1. The number of thiophene rings is 1. The molecule has 1 aliphatic rings. The molecule has 1 aliphatic carbocycles. The lowest BCUT2D eigenvalue weighted by Gasteiger charge is -2.18. The summed E-state index contributed by atoms with van der Waals surface area (Å²) in [4.78, 5) is 0. The Labute approximate surface area is 82.4 Å². The van der Waals surface area contributed by atoms with Crippen molar-refractivity contribution in [3.63, 3.8) is 0 Å². The standard InChI is InChI=1S/C10H15NOS/c1-9(8-2-3-13-4-8)5-10(9,6-11)7-12/h2-4,12H,5-7,11H2,1H3. The van der Waals surface area contributed by atoms with E-state index in [2.05, 4.69) is 23.8 Å². The predicted octanol–water partition coefficient (Wildman–Crippen LogP) is 1.35. The van der Waals surface area contributed by atoms with Gasteiger partial charge in [-0.05, 0) is 28.8 Å². The van der Waals surface area contributed by atoms with E-state index >= 15 is 0 Å². The molecule has 0 bridgehead atoms. The molecule has 0 spiro atoms. The summed E-state index contributed by atoms with van der Waals surface area (Å²) < 4.78 is 0. The lowest BCUT2D eigenvalue weighted by atomic mass is 9.90. The molecule has 2 nitrogen and oxygen atoms in total. The van der Waals surface area contributed by atoms with Crippen LogP contribution in [-0.2, 0) is 5.41 Å². The lowest BCUT2D eigenvalue weighted by Crippen LogP contribution is -2.27. The van der Waals surface area contributed by atoms with Crippen LogP contribution in [0.3, 0.4) is 0 Å². The van der Waals surface area contributed by atoms with E-state index in [9.17, 15) is 5.11 Å². The monoisotopic (exact) mass is 197 g/mol. The maximum absolute atomic E-state index is 9.31. The Kier molecular flexibility index (Phi) is 1.98. The molecule has 0 radical (unpaired) electrons. The molecular formula is C10H15NOS. The van der Waals surface area contributed by atoms with Crippen molar-refractivity contribution in [3.05, 3.63) is 22.4 Å². The topological polar surface area (TPSA) is 46.2 Å². The van der Waals surface area contributed by atoms with Crippen LogP contribution in [0.2, 0.25) is 0 Å². The Morgan fingerprint density at radius 2 is 2.46 bits per heavy atom. The van der Waals surface area contributed by atoms with Crippen LogP contribution in [0.1, 0.15) is 18.9 Å². The van der Waals surface area contributed by atoms with Crippen molar-refractivity contribution in [2.75, 3.05) is 13.2 Å². The molecule has 3 heteroatoms. The van der Waals surface area contributed by atoms with Crippen LogP contribution in [0.15, 0.2) is 16.8 Å². The van der Waals surface area contributed by atoms with Gasteiger partial charge in [-0.3, -0.25) is 0 Å². The second kappa shape index (κ2) is 2.80. The van der Waals surface area contributed by atoms with E-state index in [-0.39, 0.29) is 17.4 Å². The summed E-state index contributed by atoms with van der Waals surface area (Å²) in [5.74, 6) is 0. The summed E-state index contributed by atoms with van der Waals surface area (Å²) in [6.45, 7) is 2.98. The van der Waals surface area contributed by atoms with Crippen molar-refractivity contribution in [3.8, 4) is 0 Å². The zero-order chi connectivity index (χ0) is 9.53. The van der Waals surface area contributed by atoms with Crippen LogP contribution in [0.5, 0.6) is 0 Å². The van der Waals surface area contributed by atoms with Crippen LogP contribution >= 0.6 is 11.3 Å². The fourth-order valence-corrected chi connectivity index (χ4v) is 3.00. The maximum Gasteiger partial charge on any atom is 0.0508 e. The van der Waals surface area contributed by atoms with Gasteiger partial charge in [0.25, 0.3) is 0 Å². The molecule has 1 aromatic heterocycles. The molecule has 3 N–H and O–H groups in total. The largest absolute Gasteiger partial charge is 0.396 e. The first-order valence-electron chi connectivity index (χ1n) is 4.52. The molecule has 1 heterocycles. The van der Waals surface area contributed by atoms with Crippen LogP contribution in [0.4, 0.5) is 0 Å². The van der Waals surface area contributed by atoms with Gasteiger partial charge >= 0.3 is 0 Å². The van der Waals surface area contributed by atoms with Gasteiger partial charge in [0.1, 0.15) is 0 Å². The van der Waals surface area contributed by atoms with Gasteiger partial charge in [0, 0.05) is 17.4 Å². The van der Waals surface area contributed by atoms with Crippen molar-refractivity contribution in [2.45, 2.75) is 18.8 Å². The quantitative estimate of drug-likeness (QED) is 0.768. The van der Waals surface area contributed by atoms with E-state index in [0.29, 0.717) is 6.54 Å². The van der Waals surface area contributed by atoms with Gasteiger partial charge in [-0.15, -0.1) is 0 Å². The molecule has 13 heavy (non-hydrogen) atoms. The highest BCUT2D eigenvalue weighted by atomic mass is 32.1. The molecule has 2 unspecified atom stereocenters. The zero-order valence-corrected chi connectivity index (χ0v) is 8.60. The molecule has 2 rings (SSSR count). The highest BCUT2D eigenvalue weighted by Gasteiger charge is 2.63. The minimum absolute atomic E-state index is 0.0475. The van der Waals surface area contributed by atoms with Crippen LogP contribution in [0.25, 0.3) is 0 Å². The molecule has 0 aromatic carbocycles. The summed E-state index contributed by atoms with van der Waals surface area (Å²) in [5, 5.41) is 13.6. The first-order valence-corrected chi connectivity index (χ1v) is 5.46.